The first kappa shape index (κ1) is 14.9. The Morgan fingerprint density at radius 2 is 1.85 bits per heavy atom. The smallest absolute Gasteiger partial charge is 0.133 e. The number of aliphatic hydroxyl groups excluding tert-OH is 1. The molecule has 20 heavy (non-hydrogen) atoms. The van der Waals surface area contributed by atoms with Gasteiger partial charge in [0.05, 0.1) is 6.61 Å². The summed E-state index contributed by atoms with van der Waals surface area (Å²) in [7, 11) is 0. The maximum absolute atomic E-state index is 9.33. The Kier molecular flexibility index (Phi) is 5.05. The van der Waals surface area contributed by atoms with Gasteiger partial charge in [-0.05, 0) is 48.2 Å². The molecule has 0 saturated carbocycles. The third-order valence-electron chi connectivity index (χ3n) is 3.48. The summed E-state index contributed by atoms with van der Waals surface area (Å²) in [5.41, 5.74) is 1.99. The molecule has 2 aromatic rings. The van der Waals surface area contributed by atoms with E-state index in [1.807, 2.05) is 12.1 Å². The van der Waals surface area contributed by atoms with Crippen molar-refractivity contribution in [1.29, 1.82) is 0 Å². The molecule has 0 amide bonds. The van der Waals surface area contributed by atoms with Crippen molar-refractivity contribution < 1.29 is 9.84 Å². The topological polar surface area (TPSA) is 29.5 Å². The molecule has 2 rings (SSSR count). The van der Waals surface area contributed by atoms with E-state index < -0.39 is 0 Å². The van der Waals surface area contributed by atoms with Gasteiger partial charge in [0.1, 0.15) is 11.5 Å². The average molecular weight is 291 g/mol. The Morgan fingerprint density at radius 3 is 2.45 bits per heavy atom. The van der Waals surface area contributed by atoms with E-state index in [2.05, 4.69) is 26.0 Å². The highest BCUT2D eigenvalue weighted by molar-refractivity contribution is 6.30. The Morgan fingerprint density at radius 1 is 1.15 bits per heavy atom. The van der Waals surface area contributed by atoms with Crippen LogP contribution in [0.2, 0.25) is 5.02 Å². The highest BCUT2D eigenvalue weighted by Crippen LogP contribution is 2.29. The molecule has 0 saturated heterocycles. The molecule has 106 valence electrons. The SMILES string of the molecule is CCC(C)c1ccc(Oc2ccc(Cl)cc2CO)cc1. The van der Waals surface area contributed by atoms with Crippen LogP contribution in [0.3, 0.4) is 0 Å². The number of aliphatic hydroxyl groups is 1. The van der Waals surface area contributed by atoms with Gasteiger partial charge in [0.15, 0.2) is 0 Å². The number of hydrogen-bond donors (Lipinski definition) is 1. The van der Waals surface area contributed by atoms with Gasteiger partial charge in [-0.2, -0.15) is 0 Å². The lowest BCUT2D eigenvalue weighted by molar-refractivity contribution is 0.276. The van der Waals surface area contributed by atoms with Crippen molar-refractivity contribution in [3.8, 4) is 11.5 Å². The molecule has 3 heteroatoms. The summed E-state index contributed by atoms with van der Waals surface area (Å²) < 4.78 is 5.81. The van der Waals surface area contributed by atoms with Gasteiger partial charge < -0.3 is 9.84 Å². The van der Waals surface area contributed by atoms with Gasteiger partial charge in [0.25, 0.3) is 0 Å². The maximum atomic E-state index is 9.33. The number of benzene rings is 2. The zero-order chi connectivity index (χ0) is 14.5. The fourth-order valence-corrected chi connectivity index (χ4v) is 2.19. The molecule has 0 heterocycles. The third-order valence-corrected chi connectivity index (χ3v) is 3.72. The Bertz CT molecular complexity index is 564. The molecule has 1 atom stereocenters. The lowest BCUT2D eigenvalue weighted by Gasteiger charge is -2.12. The fraction of sp³-hybridized carbons (Fsp3) is 0.294. The molecule has 0 aromatic heterocycles. The van der Waals surface area contributed by atoms with Gasteiger partial charge in [-0.1, -0.05) is 37.6 Å². The van der Waals surface area contributed by atoms with E-state index in [0.717, 1.165) is 12.2 Å². The summed E-state index contributed by atoms with van der Waals surface area (Å²) >= 11 is 5.90. The second-order valence-electron chi connectivity index (χ2n) is 4.89. The van der Waals surface area contributed by atoms with Crippen LogP contribution in [0.5, 0.6) is 11.5 Å². The fourth-order valence-electron chi connectivity index (χ4n) is 2.00. The van der Waals surface area contributed by atoms with E-state index in [-0.39, 0.29) is 6.61 Å². The van der Waals surface area contributed by atoms with Crippen molar-refractivity contribution in [2.24, 2.45) is 0 Å². The summed E-state index contributed by atoms with van der Waals surface area (Å²) in [4.78, 5) is 0. The van der Waals surface area contributed by atoms with Crippen molar-refractivity contribution in [3.63, 3.8) is 0 Å². The monoisotopic (exact) mass is 290 g/mol. The molecular weight excluding hydrogens is 272 g/mol. The first-order valence-corrected chi connectivity index (χ1v) is 7.19. The Hall–Kier alpha value is -1.51. The van der Waals surface area contributed by atoms with E-state index in [1.165, 1.54) is 5.56 Å². The van der Waals surface area contributed by atoms with Crippen LogP contribution < -0.4 is 4.74 Å². The van der Waals surface area contributed by atoms with Gasteiger partial charge in [-0.15, -0.1) is 0 Å². The molecule has 2 aromatic carbocycles. The summed E-state index contributed by atoms with van der Waals surface area (Å²) in [5, 5.41) is 9.92. The van der Waals surface area contributed by atoms with E-state index in [4.69, 9.17) is 16.3 Å². The number of rotatable bonds is 5. The summed E-state index contributed by atoms with van der Waals surface area (Å²) in [6.45, 7) is 4.29. The molecule has 0 fully saturated rings. The highest BCUT2D eigenvalue weighted by Gasteiger charge is 2.07. The maximum Gasteiger partial charge on any atom is 0.133 e. The zero-order valence-corrected chi connectivity index (χ0v) is 12.5. The summed E-state index contributed by atoms with van der Waals surface area (Å²) in [6.07, 6.45) is 1.12. The van der Waals surface area contributed by atoms with Crippen LogP contribution in [0, 0.1) is 0 Å². The van der Waals surface area contributed by atoms with Gasteiger partial charge in [-0.3, -0.25) is 0 Å². The predicted molar refractivity (Wildman–Crippen MR) is 82.6 cm³/mol. The van der Waals surface area contributed by atoms with Crippen molar-refractivity contribution in [1.82, 2.24) is 0 Å². The minimum Gasteiger partial charge on any atom is -0.457 e. The minimum absolute atomic E-state index is 0.0964. The highest BCUT2D eigenvalue weighted by atomic mass is 35.5. The van der Waals surface area contributed by atoms with E-state index in [9.17, 15) is 5.11 Å². The first-order valence-electron chi connectivity index (χ1n) is 6.81. The minimum atomic E-state index is -0.0964. The van der Waals surface area contributed by atoms with Crippen LogP contribution >= 0.6 is 11.6 Å². The van der Waals surface area contributed by atoms with Gasteiger partial charge in [0.2, 0.25) is 0 Å². The number of halogens is 1. The van der Waals surface area contributed by atoms with Crippen LogP contribution in [0.4, 0.5) is 0 Å². The number of hydrogen-bond acceptors (Lipinski definition) is 2. The van der Waals surface area contributed by atoms with Gasteiger partial charge in [-0.25, -0.2) is 0 Å². The largest absolute Gasteiger partial charge is 0.457 e. The molecule has 2 nitrogen and oxygen atoms in total. The van der Waals surface area contributed by atoms with Crippen LogP contribution in [0.15, 0.2) is 42.5 Å². The quantitative estimate of drug-likeness (QED) is 0.826. The molecule has 0 aliphatic heterocycles. The van der Waals surface area contributed by atoms with Crippen LogP contribution in [-0.4, -0.2) is 5.11 Å². The lowest BCUT2D eigenvalue weighted by atomic mass is 9.99. The molecule has 0 aliphatic carbocycles. The van der Waals surface area contributed by atoms with E-state index in [1.54, 1.807) is 18.2 Å². The van der Waals surface area contributed by atoms with E-state index >= 15 is 0 Å². The second-order valence-corrected chi connectivity index (χ2v) is 5.33. The Balaban J connectivity index is 2.18. The zero-order valence-electron chi connectivity index (χ0n) is 11.8. The molecule has 0 radical (unpaired) electrons. The molecule has 0 spiro atoms. The first-order chi connectivity index (χ1) is 9.63. The van der Waals surface area contributed by atoms with Crippen molar-refractivity contribution in [2.75, 3.05) is 0 Å². The van der Waals surface area contributed by atoms with Gasteiger partial charge in [0, 0.05) is 10.6 Å². The number of ether oxygens (including phenoxy) is 1. The second kappa shape index (κ2) is 6.78. The van der Waals surface area contributed by atoms with Crippen molar-refractivity contribution in [3.05, 3.63) is 58.6 Å². The van der Waals surface area contributed by atoms with Crippen LogP contribution in [0.1, 0.15) is 37.3 Å². The molecule has 1 unspecified atom stereocenters. The summed E-state index contributed by atoms with van der Waals surface area (Å²) in [5.74, 6) is 1.94. The average Bonchev–Trinajstić information content (AvgIpc) is 2.49. The molecule has 0 bridgehead atoms. The predicted octanol–water partition coefficient (Wildman–Crippen LogP) is 5.14. The summed E-state index contributed by atoms with van der Waals surface area (Å²) in [6, 6.07) is 13.3. The van der Waals surface area contributed by atoms with Crippen LogP contribution in [0.25, 0.3) is 0 Å². The standard InChI is InChI=1S/C17H19ClO2/c1-3-12(2)13-4-7-16(8-5-13)20-17-9-6-15(18)10-14(17)11-19/h4-10,12,19H,3,11H2,1-2H3. The molecule has 0 aliphatic rings. The normalized spacial score (nSPS) is 12.2. The van der Waals surface area contributed by atoms with Crippen LogP contribution in [-0.2, 0) is 6.61 Å². The molecular formula is C17H19ClO2. The third kappa shape index (κ3) is 3.53. The molecule has 1 N–H and O–H groups in total. The van der Waals surface area contributed by atoms with Gasteiger partial charge >= 0.3 is 0 Å². The van der Waals surface area contributed by atoms with E-state index in [0.29, 0.717) is 22.3 Å². The van der Waals surface area contributed by atoms with Crippen molar-refractivity contribution >= 4 is 11.6 Å². The van der Waals surface area contributed by atoms with Crippen molar-refractivity contribution in [2.45, 2.75) is 32.8 Å². The lowest BCUT2D eigenvalue weighted by Crippen LogP contribution is -1.93. The Labute approximate surface area is 125 Å².